The van der Waals surface area contributed by atoms with Gasteiger partial charge in [0.15, 0.2) is 0 Å². The van der Waals surface area contributed by atoms with E-state index >= 15 is 0 Å². The van der Waals surface area contributed by atoms with Crippen molar-refractivity contribution in [2.24, 2.45) is 0 Å². The molecule has 3 aromatic rings. The van der Waals surface area contributed by atoms with Crippen molar-refractivity contribution in [3.05, 3.63) is 53.7 Å². The van der Waals surface area contributed by atoms with Gasteiger partial charge in [0, 0.05) is 19.3 Å². The zero-order chi connectivity index (χ0) is 22.5. The van der Waals surface area contributed by atoms with Crippen molar-refractivity contribution in [1.29, 1.82) is 0 Å². The molecule has 4 atom stereocenters. The number of aromatic nitrogens is 3. The molecular formula is C21H24FN5O4S. The maximum absolute atomic E-state index is 13.5. The second-order valence-corrected chi connectivity index (χ2v) is 9.76. The smallest absolute Gasteiger partial charge is 0.335 e. The van der Waals surface area contributed by atoms with Crippen LogP contribution in [0.1, 0.15) is 42.5 Å². The van der Waals surface area contributed by atoms with Crippen LogP contribution in [0.25, 0.3) is 11.0 Å². The summed E-state index contributed by atoms with van der Waals surface area (Å²) in [7, 11) is -2.63. The lowest BCUT2D eigenvalue weighted by Gasteiger charge is -2.16. The molecule has 2 aliphatic rings. The summed E-state index contributed by atoms with van der Waals surface area (Å²) in [5.41, 5.74) is 2.77. The normalized spacial score (nSPS) is 25.3. The minimum atomic E-state index is -3.90. The minimum Gasteiger partial charge on any atom is -0.390 e. The summed E-state index contributed by atoms with van der Waals surface area (Å²) in [6.07, 6.45) is 3.94. The molecule has 1 saturated carbocycles. The number of fused-ring (bicyclic) bond motifs is 2. The van der Waals surface area contributed by atoms with Crippen molar-refractivity contribution >= 4 is 27.2 Å². The SMILES string of the molecule is CNS(=O)(=O)O[C@H]1C[C@H](n2ccc3c(N[C@H]4CCc5cc(F)ccc54)ncnc32)C[C@@H]1O. The van der Waals surface area contributed by atoms with E-state index in [1.165, 1.54) is 19.4 Å². The fourth-order valence-corrected chi connectivity index (χ4v) is 5.40. The number of hydrogen-bond acceptors (Lipinski definition) is 7. The lowest BCUT2D eigenvalue weighted by Crippen LogP contribution is -2.31. The Hall–Kier alpha value is -2.60. The highest BCUT2D eigenvalue weighted by Crippen LogP contribution is 2.38. The second kappa shape index (κ2) is 8.07. The molecule has 32 heavy (non-hydrogen) atoms. The number of benzene rings is 1. The summed E-state index contributed by atoms with van der Waals surface area (Å²) in [6, 6.07) is 6.65. The van der Waals surface area contributed by atoms with Gasteiger partial charge in [0.05, 0.1) is 17.5 Å². The van der Waals surface area contributed by atoms with Gasteiger partial charge in [0.2, 0.25) is 0 Å². The van der Waals surface area contributed by atoms with Crippen LogP contribution in [0.2, 0.25) is 0 Å². The van der Waals surface area contributed by atoms with E-state index in [0.29, 0.717) is 24.3 Å². The predicted molar refractivity (Wildman–Crippen MR) is 116 cm³/mol. The van der Waals surface area contributed by atoms with E-state index in [-0.39, 0.29) is 17.9 Å². The topological polar surface area (TPSA) is 118 Å². The number of aliphatic hydroxyl groups is 1. The Morgan fingerprint density at radius 3 is 2.91 bits per heavy atom. The minimum absolute atomic E-state index is 0.0323. The number of anilines is 1. The van der Waals surface area contributed by atoms with Gasteiger partial charge in [-0.15, -0.1) is 0 Å². The zero-order valence-corrected chi connectivity index (χ0v) is 18.2. The fourth-order valence-electron chi connectivity index (χ4n) is 4.78. The van der Waals surface area contributed by atoms with E-state index in [1.54, 1.807) is 6.07 Å². The lowest BCUT2D eigenvalue weighted by atomic mass is 10.1. The Labute approximate surface area is 184 Å². The Kier molecular flexibility index (Phi) is 5.36. The molecule has 1 fully saturated rings. The van der Waals surface area contributed by atoms with Gasteiger partial charge in [0.1, 0.15) is 29.7 Å². The quantitative estimate of drug-likeness (QED) is 0.515. The molecule has 170 valence electrons. The Morgan fingerprint density at radius 2 is 2.09 bits per heavy atom. The molecule has 0 radical (unpaired) electrons. The van der Waals surface area contributed by atoms with Gasteiger partial charge in [-0.1, -0.05) is 6.07 Å². The number of halogens is 1. The van der Waals surface area contributed by atoms with E-state index in [4.69, 9.17) is 4.18 Å². The van der Waals surface area contributed by atoms with Crippen LogP contribution in [0.5, 0.6) is 0 Å². The number of aryl methyl sites for hydroxylation is 1. The molecule has 0 bridgehead atoms. The van der Waals surface area contributed by atoms with Gasteiger partial charge >= 0.3 is 10.3 Å². The highest BCUT2D eigenvalue weighted by Gasteiger charge is 2.38. The first-order valence-electron chi connectivity index (χ1n) is 10.5. The Balaban J connectivity index is 1.39. The fraction of sp³-hybridized carbons (Fsp3) is 0.429. The van der Waals surface area contributed by atoms with Crippen LogP contribution in [0.15, 0.2) is 36.8 Å². The molecule has 9 nitrogen and oxygen atoms in total. The molecule has 3 N–H and O–H groups in total. The van der Waals surface area contributed by atoms with E-state index in [0.717, 1.165) is 29.4 Å². The van der Waals surface area contributed by atoms with Crippen LogP contribution in [0.4, 0.5) is 10.2 Å². The number of nitrogens with zero attached hydrogens (tertiary/aromatic N) is 3. The average molecular weight is 462 g/mol. The van der Waals surface area contributed by atoms with Gasteiger partial charge in [-0.2, -0.15) is 13.1 Å². The third-order valence-electron chi connectivity index (χ3n) is 6.34. The maximum atomic E-state index is 13.5. The van der Waals surface area contributed by atoms with Gasteiger partial charge in [-0.3, -0.25) is 4.18 Å². The third-order valence-corrected chi connectivity index (χ3v) is 7.34. The van der Waals surface area contributed by atoms with Crippen LogP contribution in [-0.4, -0.2) is 47.3 Å². The predicted octanol–water partition coefficient (Wildman–Crippen LogP) is 2.22. The van der Waals surface area contributed by atoms with Gasteiger partial charge in [-0.05, 0) is 55.0 Å². The number of aliphatic hydroxyl groups excluding tert-OH is 1. The van der Waals surface area contributed by atoms with E-state index in [9.17, 15) is 17.9 Å². The average Bonchev–Trinajstić information content (AvgIpc) is 3.46. The standard InChI is InChI=1S/C21H24FN5O4S/c1-23-32(29,30)31-19-10-14(9-18(19)28)27-7-6-16-20(24-11-25-21(16)27)26-17-5-2-12-8-13(22)3-4-15(12)17/h3-4,6-8,11,14,17-19,23,28H,2,5,9-10H2,1H3,(H,24,25,26)/t14-,17+,18+,19+/m1/s1. The zero-order valence-electron chi connectivity index (χ0n) is 17.4. The summed E-state index contributed by atoms with van der Waals surface area (Å²) in [6.45, 7) is 0. The van der Waals surface area contributed by atoms with E-state index in [2.05, 4.69) is 20.0 Å². The van der Waals surface area contributed by atoms with Crippen molar-refractivity contribution in [2.45, 2.75) is 50.0 Å². The number of rotatable bonds is 6. The summed E-state index contributed by atoms with van der Waals surface area (Å²) >= 11 is 0. The highest BCUT2D eigenvalue weighted by molar-refractivity contribution is 7.84. The van der Waals surface area contributed by atoms with E-state index in [1.807, 2.05) is 22.9 Å². The molecule has 0 aliphatic heterocycles. The van der Waals surface area contributed by atoms with Gasteiger partial charge < -0.3 is 15.0 Å². The highest BCUT2D eigenvalue weighted by atomic mass is 32.2. The third kappa shape index (κ3) is 3.85. The van der Waals surface area contributed by atoms with E-state index < -0.39 is 22.5 Å². The van der Waals surface area contributed by atoms with Crippen LogP contribution in [0, 0.1) is 5.82 Å². The van der Waals surface area contributed by atoms with Crippen LogP contribution >= 0.6 is 0 Å². The Morgan fingerprint density at radius 1 is 1.25 bits per heavy atom. The summed E-state index contributed by atoms with van der Waals surface area (Å²) in [5.74, 6) is 0.453. The molecule has 0 amide bonds. The van der Waals surface area contributed by atoms with Gasteiger partial charge in [-0.25, -0.2) is 14.4 Å². The first-order valence-corrected chi connectivity index (χ1v) is 11.9. The lowest BCUT2D eigenvalue weighted by molar-refractivity contribution is 0.0635. The summed E-state index contributed by atoms with van der Waals surface area (Å²) < 4.78 is 46.1. The van der Waals surface area contributed by atoms with Gasteiger partial charge in [0.25, 0.3) is 0 Å². The van der Waals surface area contributed by atoms with Crippen molar-refractivity contribution in [1.82, 2.24) is 19.3 Å². The molecule has 11 heteroatoms. The number of nitrogens with one attached hydrogen (secondary N) is 2. The van der Waals surface area contributed by atoms with Crippen LogP contribution in [0.3, 0.4) is 0 Å². The largest absolute Gasteiger partial charge is 0.390 e. The molecule has 5 rings (SSSR count). The van der Waals surface area contributed by atoms with Crippen molar-refractivity contribution in [3.8, 4) is 0 Å². The molecule has 1 aromatic carbocycles. The molecule has 2 aromatic heterocycles. The van der Waals surface area contributed by atoms with Crippen LogP contribution in [-0.2, 0) is 20.9 Å². The Bertz CT molecular complexity index is 1260. The number of hydrogen-bond donors (Lipinski definition) is 3. The summed E-state index contributed by atoms with van der Waals surface area (Å²) in [4.78, 5) is 8.85. The second-order valence-electron chi connectivity index (χ2n) is 8.25. The molecule has 0 unspecified atom stereocenters. The van der Waals surface area contributed by atoms with Crippen molar-refractivity contribution < 1.29 is 22.1 Å². The molecule has 0 spiro atoms. The van der Waals surface area contributed by atoms with Crippen molar-refractivity contribution in [3.63, 3.8) is 0 Å². The first-order chi connectivity index (χ1) is 15.3. The monoisotopic (exact) mass is 461 g/mol. The molecule has 0 saturated heterocycles. The molecule has 2 aliphatic carbocycles. The maximum Gasteiger partial charge on any atom is 0.335 e. The van der Waals surface area contributed by atoms with Crippen LogP contribution < -0.4 is 10.0 Å². The molecular weight excluding hydrogens is 437 g/mol. The first kappa shape index (κ1) is 21.3. The summed E-state index contributed by atoms with van der Waals surface area (Å²) in [5, 5.41) is 14.6. The molecule has 2 heterocycles. The van der Waals surface area contributed by atoms with Crippen molar-refractivity contribution in [2.75, 3.05) is 12.4 Å².